The number of halogens is 2. The smallest absolute Gasteiger partial charge is 0.328 e. The van der Waals surface area contributed by atoms with Gasteiger partial charge in [0.2, 0.25) is 0 Å². The third-order valence-corrected chi connectivity index (χ3v) is 3.00. The largest absolute Gasteiger partial charge is 0.467 e. The van der Waals surface area contributed by atoms with Crippen LogP contribution in [0.1, 0.15) is 17.3 Å². The third kappa shape index (κ3) is 3.27. The number of carbonyl (C=O) groups is 2. The van der Waals surface area contributed by atoms with Crippen LogP contribution in [0.2, 0.25) is 10.0 Å². The lowest BCUT2D eigenvalue weighted by Gasteiger charge is -2.13. The molecule has 1 rings (SSSR count). The van der Waals surface area contributed by atoms with Crippen molar-refractivity contribution in [1.29, 1.82) is 0 Å². The van der Waals surface area contributed by atoms with E-state index >= 15 is 0 Å². The summed E-state index contributed by atoms with van der Waals surface area (Å²) < 4.78 is 4.49. The zero-order valence-corrected chi connectivity index (χ0v) is 11.3. The number of hydrogen-bond acceptors (Lipinski definition) is 4. The van der Waals surface area contributed by atoms with Crippen LogP contribution in [0, 0.1) is 0 Å². The molecule has 7 heteroatoms. The van der Waals surface area contributed by atoms with Gasteiger partial charge >= 0.3 is 5.97 Å². The molecule has 18 heavy (non-hydrogen) atoms. The number of nitrogens with two attached hydrogens (primary N) is 1. The molecule has 1 atom stereocenters. The van der Waals surface area contributed by atoms with Gasteiger partial charge in [0.1, 0.15) is 6.04 Å². The summed E-state index contributed by atoms with van der Waals surface area (Å²) >= 11 is 11.7. The predicted octanol–water partition coefficient (Wildman–Crippen LogP) is 1.87. The highest BCUT2D eigenvalue weighted by Crippen LogP contribution is 2.28. The van der Waals surface area contributed by atoms with Gasteiger partial charge in [-0.1, -0.05) is 23.2 Å². The highest BCUT2D eigenvalue weighted by molar-refractivity contribution is 6.44. The lowest BCUT2D eigenvalue weighted by Crippen LogP contribution is -2.39. The minimum absolute atomic E-state index is 0.0837. The summed E-state index contributed by atoms with van der Waals surface area (Å²) in [7, 11) is 1.23. The number of ether oxygens (including phenoxy) is 1. The molecule has 0 spiro atoms. The van der Waals surface area contributed by atoms with Crippen LogP contribution in [0.3, 0.4) is 0 Å². The molecule has 0 saturated carbocycles. The number of hydrogen-bond donors (Lipinski definition) is 2. The molecule has 98 valence electrons. The second-order valence-corrected chi connectivity index (χ2v) is 4.37. The molecular weight excluding hydrogens is 279 g/mol. The summed E-state index contributed by atoms with van der Waals surface area (Å²) in [5.74, 6) is -1.11. The second kappa shape index (κ2) is 5.93. The average molecular weight is 291 g/mol. The molecule has 0 aliphatic rings. The third-order valence-electron chi connectivity index (χ3n) is 2.20. The Hall–Kier alpha value is -1.46. The maximum absolute atomic E-state index is 11.9. The number of nitrogen functional groups attached to an aromatic ring is 1. The van der Waals surface area contributed by atoms with Gasteiger partial charge in [0.05, 0.1) is 22.7 Å². The van der Waals surface area contributed by atoms with Crippen molar-refractivity contribution in [2.45, 2.75) is 13.0 Å². The van der Waals surface area contributed by atoms with E-state index in [0.717, 1.165) is 0 Å². The van der Waals surface area contributed by atoms with Gasteiger partial charge < -0.3 is 15.8 Å². The van der Waals surface area contributed by atoms with E-state index in [1.165, 1.54) is 26.2 Å². The fraction of sp³-hybridized carbons (Fsp3) is 0.273. The van der Waals surface area contributed by atoms with Crippen molar-refractivity contribution in [3.63, 3.8) is 0 Å². The molecule has 1 amide bonds. The Balaban J connectivity index is 2.95. The number of benzene rings is 1. The molecule has 0 aromatic heterocycles. The van der Waals surface area contributed by atoms with Crippen molar-refractivity contribution in [2.75, 3.05) is 12.8 Å². The zero-order valence-electron chi connectivity index (χ0n) is 9.79. The van der Waals surface area contributed by atoms with E-state index in [-0.39, 0.29) is 15.6 Å². The van der Waals surface area contributed by atoms with Crippen LogP contribution < -0.4 is 11.1 Å². The molecule has 1 aromatic carbocycles. The van der Waals surface area contributed by atoms with Gasteiger partial charge in [0, 0.05) is 5.69 Å². The first-order valence-corrected chi connectivity index (χ1v) is 5.75. The molecule has 0 aliphatic carbocycles. The summed E-state index contributed by atoms with van der Waals surface area (Å²) in [6.07, 6.45) is 0. The van der Waals surface area contributed by atoms with Crippen LogP contribution in [0.5, 0.6) is 0 Å². The number of nitrogens with one attached hydrogen (secondary N) is 1. The van der Waals surface area contributed by atoms with Crippen LogP contribution in [-0.4, -0.2) is 25.0 Å². The van der Waals surface area contributed by atoms with E-state index in [4.69, 9.17) is 28.9 Å². The van der Waals surface area contributed by atoms with Crippen molar-refractivity contribution >= 4 is 40.8 Å². The topological polar surface area (TPSA) is 81.4 Å². The van der Waals surface area contributed by atoms with Gasteiger partial charge in [-0.2, -0.15) is 0 Å². The molecular formula is C11H12Cl2N2O3. The van der Waals surface area contributed by atoms with E-state index in [0.29, 0.717) is 5.69 Å². The minimum Gasteiger partial charge on any atom is -0.467 e. The van der Waals surface area contributed by atoms with Crippen molar-refractivity contribution in [2.24, 2.45) is 0 Å². The summed E-state index contributed by atoms with van der Waals surface area (Å²) in [4.78, 5) is 23.1. The lowest BCUT2D eigenvalue weighted by molar-refractivity contribution is -0.142. The Morgan fingerprint density at radius 2 is 2.00 bits per heavy atom. The van der Waals surface area contributed by atoms with Crippen molar-refractivity contribution in [1.82, 2.24) is 5.32 Å². The van der Waals surface area contributed by atoms with Crippen LogP contribution in [0.4, 0.5) is 5.69 Å². The number of amides is 1. The number of methoxy groups -OCH3 is 1. The Bertz CT molecular complexity index is 491. The maximum Gasteiger partial charge on any atom is 0.328 e. The van der Waals surface area contributed by atoms with Crippen molar-refractivity contribution < 1.29 is 14.3 Å². The first-order chi connectivity index (χ1) is 8.36. The quantitative estimate of drug-likeness (QED) is 0.658. The SMILES string of the molecule is COC(=O)C(C)NC(=O)c1cc(N)cc(Cl)c1Cl. The summed E-state index contributed by atoms with van der Waals surface area (Å²) in [6, 6.07) is 2.02. The number of esters is 1. The average Bonchev–Trinajstić information content (AvgIpc) is 2.32. The van der Waals surface area contributed by atoms with E-state index in [9.17, 15) is 9.59 Å². The minimum atomic E-state index is -0.793. The molecule has 0 saturated heterocycles. The van der Waals surface area contributed by atoms with E-state index in [1.807, 2.05) is 0 Å². The van der Waals surface area contributed by atoms with E-state index in [2.05, 4.69) is 10.1 Å². The van der Waals surface area contributed by atoms with Gasteiger partial charge in [-0.15, -0.1) is 0 Å². The van der Waals surface area contributed by atoms with Gasteiger partial charge in [0.25, 0.3) is 5.91 Å². The highest BCUT2D eigenvalue weighted by Gasteiger charge is 2.20. The van der Waals surface area contributed by atoms with Gasteiger partial charge in [-0.25, -0.2) is 4.79 Å². The van der Waals surface area contributed by atoms with Gasteiger partial charge in [0.15, 0.2) is 0 Å². The number of rotatable bonds is 3. The molecule has 0 bridgehead atoms. The molecule has 0 aliphatic heterocycles. The summed E-state index contributed by atoms with van der Waals surface area (Å²) in [5.41, 5.74) is 5.98. The molecule has 0 heterocycles. The second-order valence-electron chi connectivity index (χ2n) is 3.58. The molecule has 1 aromatic rings. The highest BCUT2D eigenvalue weighted by atomic mass is 35.5. The van der Waals surface area contributed by atoms with Crippen molar-refractivity contribution in [3.8, 4) is 0 Å². The number of anilines is 1. The first-order valence-electron chi connectivity index (χ1n) is 5.00. The fourth-order valence-corrected chi connectivity index (χ4v) is 1.71. The molecule has 1 unspecified atom stereocenters. The summed E-state index contributed by atoms with van der Waals surface area (Å²) in [6.45, 7) is 1.49. The Labute approximate surface area is 114 Å². The Morgan fingerprint density at radius 1 is 1.39 bits per heavy atom. The van der Waals surface area contributed by atoms with Gasteiger partial charge in [-0.3, -0.25) is 4.79 Å². The Morgan fingerprint density at radius 3 is 2.56 bits per heavy atom. The molecule has 3 N–H and O–H groups in total. The van der Waals surface area contributed by atoms with E-state index < -0.39 is 17.9 Å². The van der Waals surface area contributed by atoms with Crippen molar-refractivity contribution in [3.05, 3.63) is 27.7 Å². The predicted molar refractivity (Wildman–Crippen MR) is 69.8 cm³/mol. The first kappa shape index (κ1) is 14.6. The van der Waals surface area contributed by atoms with Crippen LogP contribution in [0.15, 0.2) is 12.1 Å². The lowest BCUT2D eigenvalue weighted by atomic mass is 10.1. The van der Waals surface area contributed by atoms with E-state index in [1.54, 1.807) is 0 Å². The normalized spacial score (nSPS) is 11.8. The summed E-state index contributed by atoms with van der Waals surface area (Å²) in [5, 5.41) is 2.69. The Kier molecular flexibility index (Phi) is 4.81. The monoisotopic (exact) mass is 290 g/mol. The fourth-order valence-electron chi connectivity index (χ4n) is 1.29. The maximum atomic E-state index is 11.9. The van der Waals surface area contributed by atoms with Crippen LogP contribution >= 0.6 is 23.2 Å². The molecule has 0 radical (unpaired) electrons. The standard InChI is InChI=1S/C11H12Cl2N2O3/c1-5(11(17)18-2)15-10(16)7-3-6(14)4-8(12)9(7)13/h3-5H,14H2,1-2H3,(H,15,16). The van der Waals surface area contributed by atoms with Crippen LogP contribution in [-0.2, 0) is 9.53 Å². The zero-order chi connectivity index (χ0) is 13.9. The molecule has 0 fully saturated rings. The molecule has 5 nitrogen and oxygen atoms in total. The van der Waals surface area contributed by atoms with Gasteiger partial charge in [-0.05, 0) is 19.1 Å². The van der Waals surface area contributed by atoms with Crippen LogP contribution in [0.25, 0.3) is 0 Å². The number of carbonyl (C=O) groups excluding carboxylic acids is 2.